The minimum atomic E-state index is 0.0767. The molecule has 2 saturated heterocycles. The number of ether oxygens (including phenoxy) is 2. The van der Waals surface area contributed by atoms with E-state index in [1.54, 1.807) is 13.3 Å². The highest BCUT2D eigenvalue weighted by Gasteiger charge is 2.51. The normalized spacial score (nSPS) is 23.6. The number of carbonyl (C=O) groups excluding carboxylic acids is 1. The number of carbonyl (C=O) groups is 1. The molecule has 1 aromatic rings. The van der Waals surface area contributed by atoms with Crippen LogP contribution in [-0.4, -0.2) is 59.2 Å². The molecule has 1 spiro atoms. The molecule has 20 heavy (non-hydrogen) atoms. The third-order valence-electron chi connectivity index (χ3n) is 3.68. The van der Waals surface area contributed by atoms with E-state index in [0.717, 1.165) is 25.3 Å². The molecule has 108 valence electrons. The Kier molecular flexibility index (Phi) is 3.85. The second-order valence-electron chi connectivity index (χ2n) is 5.29. The molecule has 0 aromatic carbocycles. The number of methoxy groups -OCH3 is 1. The zero-order chi connectivity index (χ0) is 14.0. The fourth-order valence-corrected chi connectivity index (χ4v) is 4.25. The number of hydrogen-bond donors (Lipinski definition) is 0. The van der Waals surface area contributed by atoms with Gasteiger partial charge < -0.3 is 14.4 Å². The molecular weight excluding hydrogens is 276 g/mol. The Bertz CT molecular complexity index is 477. The van der Waals surface area contributed by atoms with Crippen molar-refractivity contribution in [2.45, 2.75) is 17.3 Å². The van der Waals surface area contributed by atoms with Gasteiger partial charge >= 0.3 is 0 Å². The van der Waals surface area contributed by atoms with Crippen LogP contribution in [0.15, 0.2) is 24.4 Å². The van der Waals surface area contributed by atoms with Crippen molar-refractivity contribution in [1.29, 1.82) is 0 Å². The minimum absolute atomic E-state index is 0.0767. The van der Waals surface area contributed by atoms with E-state index in [0.29, 0.717) is 5.88 Å². The van der Waals surface area contributed by atoms with Crippen molar-refractivity contribution in [3.05, 3.63) is 24.4 Å². The van der Waals surface area contributed by atoms with Crippen LogP contribution in [0.4, 0.5) is 0 Å². The SMILES string of the molecule is COCC(=O)N1CC2(C[C@H](Oc3ccccn3)CS2)C1. The Labute approximate surface area is 122 Å². The summed E-state index contributed by atoms with van der Waals surface area (Å²) in [4.78, 5) is 17.7. The highest BCUT2D eigenvalue weighted by molar-refractivity contribution is 8.01. The summed E-state index contributed by atoms with van der Waals surface area (Å²) in [7, 11) is 1.55. The molecular formula is C14H18N2O3S. The van der Waals surface area contributed by atoms with E-state index in [1.165, 1.54) is 0 Å². The van der Waals surface area contributed by atoms with Crippen molar-refractivity contribution >= 4 is 17.7 Å². The lowest BCUT2D eigenvalue weighted by molar-refractivity contribution is -0.140. The Morgan fingerprint density at radius 3 is 3.10 bits per heavy atom. The van der Waals surface area contributed by atoms with Crippen LogP contribution in [-0.2, 0) is 9.53 Å². The van der Waals surface area contributed by atoms with Gasteiger partial charge in [0.15, 0.2) is 0 Å². The van der Waals surface area contributed by atoms with E-state index in [9.17, 15) is 4.79 Å². The zero-order valence-electron chi connectivity index (χ0n) is 11.4. The van der Waals surface area contributed by atoms with Crippen LogP contribution in [0.1, 0.15) is 6.42 Å². The molecule has 2 aliphatic rings. The Balaban J connectivity index is 1.50. The van der Waals surface area contributed by atoms with Gasteiger partial charge in [0, 0.05) is 44.6 Å². The molecule has 0 radical (unpaired) electrons. The third-order valence-corrected chi connectivity index (χ3v) is 5.25. The van der Waals surface area contributed by atoms with Crippen LogP contribution in [0, 0.1) is 0 Å². The molecule has 0 aliphatic carbocycles. The highest BCUT2D eigenvalue weighted by Crippen LogP contribution is 2.45. The highest BCUT2D eigenvalue weighted by atomic mass is 32.2. The lowest BCUT2D eigenvalue weighted by atomic mass is 9.93. The van der Waals surface area contributed by atoms with Crippen LogP contribution in [0.25, 0.3) is 0 Å². The van der Waals surface area contributed by atoms with Gasteiger partial charge in [-0.15, -0.1) is 11.8 Å². The summed E-state index contributed by atoms with van der Waals surface area (Å²) in [5.41, 5.74) is 0. The lowest BCUT2D eigenvalue weighted by Gasteiger charge is -2.47. The number of likely N-dealkylation sites (tertiary alicyclic amines) is 1. The van der Waals surface area contributed by atoms with Crippen LogP contribution in [0.5, 0.6) is 5.88 Å². The van der Waals surface area contributed by atoms with Crippen molar-refractivity contribution in [3.63, 3.8) is 0 Å². The van der Waals surface area contributed by atoms with Crippen LogP contribution in [0.3, 0.4) is 0 Å². The van der Waals surface area contributed by atoms with E-state index in [1.807, 2.05) is 34.9 Å². The number of hydrogen-bond acceptors (Lipinski definition) is 5. The van der Waals surface area contributed by atoms with Gasteiger partial charge in [-0.1, -0.05) is 6.07 Å². The van der Waals surface area contributed by atoms with E-state index in [4.69, 9.17) is 9.47 Å². The summed E-state index contributed by atoms with van der Waals surface area (Å²) in [5, 5.41) is 0. The van der Waals surface area contributed by atoms with Crippen molar-refractivity contribution in [1.82, 2.24) is 9.88 Å². The first-order valence-corrected chi connectivity index (χ1v) is 7.68. The molecule has 6 heteroatoms. The van der Waals surface area contributed by atoms with Gasteiger partial charge in [-0.3, -0.25) is 4.79 Å². The maximum atomic E-state index is 11.7. The molecule has 3 rings (SSSR count). The first-order chi connectivity index (χ1) is 9.71. The predicted molar refractivity (Wildman–Crippen MR) is 76.9 cm³/mol. The number of aromatic nitrogens is 1. The number of thioether (sulfide) groups is 1. The van der Waals surface area contributed by atoms with Gasteiger partial charge in [-0.2, -0.15) is 0 Å². The fraction of sp³-hybridized carbons (Fsp3) is 0.571. The second-order valence-corrected chi connectivity index (χ2v) is 6.78. The number of pyridine rings is 1. The van der Waals surface area contributed by atoms with Gasteiger partial charge in [-0.05, 0) is 6.07 Å². The summed E-state index contributed by atoms with van der Waals surface area (Å²) < 4.78 is 11.0. The largest absolute Gasteiger partial charge is 0.473 e. The van der Waals surface area contributed by atoms with E-state index in [2.05, 4.69) is 4.98 Å². The molecule has 2 aliphatic heterocycles. The van der Waals surface area contributed by atoms with E-state index in [-0.39, 0.29) is 23.4 Å². The molecule has 2 fully saturated rings. The average molecular weight is 294 g/mol. The standard InChI is InChI=1S/C14H18N2O3S/c1-18-7-13(17)16-9-14(10-16)6-11(8-20-14)19-12-4-2-3-5-15-12/h2-5,11H,6-10H2,1H3/t11-/m0/s1. The van der Waals surface area contributed by atoms with Crippen molar-refractivity contribution in [3.8, 4) is 5.88 Å². The van der Waals surface area contributed by atoms with Crippen LogP contribution >= 0.6 is 11.8 Å². The quantitative estimate of drug-likeness (QED) is 0.835. The van der Waals surface area contributed by atoms with E-state index < -0.39 is 0 Å². The number of nitrogens with zero attached hydrogens (tertiary/aromatic N) is 2. The fourth-order valence-electron chi connectivity index (χ4n) is 2.73. The van der Waals surface area contributed by atoms with Gasteiger partial charge in [0.25, 0.3) is 0 Å². The number of rotatable bonds is 4. The van der Waals surface area contributed by atoms with Crippen molar-refractivity contribution in [2.24, 2.45) is 0 Å². The maximum absolute atomic E-state index is 11.7. The zero-order valence-corrected chi connectivity index (χ0v) is 12.3. The van der Waals surface area contributed by atoms with Crippen LogP contribution < -0.4 is 4.74 Å². The third kappa shape index (κ3) is 2.76. The Morgan fingerprint density at radius 2 is 2.40 bits per heavy atom. The number of amides is 1. The molecule has 0 bridgehead atoms. The summed E-state index contributed by atoms with van der Waals surface area (Å²) in [6, 6.07) is 5.68. The van der Waals surface area contributed by atoms with Gasteiger partial charge in [0.1, 0.15) is 12.7 Å². The average Bonchev–Trinajstić information content (AvgIpc) is 2.83. The molecule has 1 amide bonds. The van der Waals surface area contributed by atoms with Crippen molar-refractivity contribution in [2.75, 3.05) is 32.6 Å². The minimum Gasteiger partial charge on any atom is -0.473 e. The molecule has 3 heterocycles. The Hall–Kier alpha value is -1.27. The van der Waals surface area contributed by atoms with Gasteiger partial charge in [-0.25, -0.2) is 4.98 Å². The maximum Gasteiger partial charge on any atom is 0.248 e. The first-order valence-electron chi connectivity index (χ1n) is 6.69. The van der Waals surface area contributed by atoms with E-state index >= 15 is 0 Å². The summed E-state index contributed by atoms with van der Waals surface area (Å²) in [6.07, 6.45) is 2.90. The smallest absolute Gasteiger partial charge is 0.248 e. The van der Waals surface area contributed by atoms with Gasteiger partial charge in [0.2, 0.25) is 11.8 Å². The summed E-state index contributed by atoms with van der Waals surface area (Å²) in [5.74, 6) is 1.72. The molecule has 1 aromatic heterocycles. The van der Waals surface area contributed by atoms with Gasteiger partial charge in [0.05, 0.1) is 4.75 Å². The monoisotopic (exact) mass is 294 g/mol. The lowest BCUT2D eigenvalue weighted by Crippen LogP contribution is -2.61. The molecule has 1 atom stereocenters. The molecule has 5 nitrogen and oxygen atoms in total. The van der Waals surface area contributed by atoms with Crippen LogP contribution in [0.2, 0.25) is 0 Å². The van der Waals surface area contributed by atoms with Crippen molar-refractivity contribution < 1.29 is 14.3 Å². The summed E-state index contributed by atoms with van der Waals surface area (Å²) in [6.45, 7) is 1.79. The summed E-state index contributed by atoms with van der Waals surface area (Å²) >= 11 is 1.91. The molecule has 0 N–H and O–H groups in total. The topological polar surface area (TPSA) is 51.7 Å². The molecule has 0 unspecified atom stereocenters. The first kappa shape index (κ1) is 13.7. The predicted octanol–water partition coefficient (Wildman–Crippen LogP) is 1.19. The Morgan fingerprint density at radius 1 is 1.55 bits per heavy atom. The molecule has 0 saturated carbocycles. The second kappa shape index (κ2) is 5.61.